The van der Waals surface area contributed by atoms with Gasteiger partial charge in [0.05, 0.1) is 0 Å². The van der Waals surface area contributed by atoms with Gasteiger partial charge in [-0.2, -0.15) is 0 Å². The standard InChI is InChI=1S/C17H22N2O/c1-3-14(18)17(16-9-8-12(2)20-16)19-11-10-13-6-4-5-7-15(13)19/h4-9,14,17H,3,10-11,18H2,1-2H3. The van der Waals surface area contributed by atoms with Gasteiger partial charge in [-0.25, -0.2) is 0 Å². The fourth-order valence-corrected chi connectivity index (χ4v) is 3.08. The van der Waals surface area contributed by atoms with Crippen LogP contribution in [0.15, 0.2) is 40.8 Å². The first kappa shape index (κ1) is 13.3. The lowest BCUT2D eigenvalue weighted by atomic mass is 10.0. The molecule has 2 aromatic rings. The number of aryl methyl sites for hydroxylation is 1. The van der Waals surface area contributed by atoms with Gasteiger partial charge in [-0.1, -0.05) is 25.1 Å². The molecule has 1 aliphatic heterocycles. The van der Waals surface area contributed by atoms with Crippen molar-refractivity contribution in [3.63, 3.8) is 0 Å². The lowest BCUT2D eigenvalue weighted by Gasteiger charge is -2.33. The smallest absolute Gasteiger partial charge is 0.128 e. The first-order valence-corrected chi connectivity index (χ1v) is 7.37. The van der Waals surface area contributed by atoms with E-state index >= 15 is 0 Å². The van der Waals surface area contributed by atoms with Crippen LogP contribution in [0.4, 0.5) is 5.69 Å². The van der Waals surface area contributed by atoms with Crippen LogP contribution in [0.1, 0.15) is 36.5 Å². The zero-order valence-electron chi connectivity index (χ0n) is 12.2. The van der Waals surface area contributed by atoms with Crippen LogP contribution in [0.2, 0.25) is 0 Å². The second-order valence-electron chi connectivity index (χ2n) is 5.54. The van der Waals surface area contributed by atoms with E-state index in [1.807, 2.05) is 13.0 Å². The van der Waals surface area contributed by atoms with E-state index in [1.54, 1.807) is 0 Å². The van der Waals surface area contributed by atoms with Crippen LogP contribution < -0.4 is 10.6 Å². The minimum Gasteiger partial charge on any atom is -0.464 e. The highest BCUT2D eigenvalue weighted by Crippen LogP contribution is 2.37. The molecule has 0 radical (unpaired) electrons. The number of nitrogens with two attached hydrogens (primary N) is 1. The Bertz CT molecular complexity index is 590. The highest BCUT2D eigenvalue weighted by molar-refractivity contribution is 5.59. The molecule has 0 aliphatic carbocycles. The molecule has 0 fully saturated rings. The predicted octanol–water partition coefficient (Wildman–Crippen LogP) is 3.43. The molecule has 20 heavy (non-hydrogen) atoms. The summed E-state index contributed by atoms with van der Waals surface area (Å²) in [4.78, 5) is 2.40. The average Bonchev–Trinajstić information content (AvgIpc) is 3.07. The summed E-state index contributed by atoms with van der Waals surface area (Å²) in [7, 11) is 0. The zero-order chi connectivity index (χ0) is 14.1. The molecule has 2 atom stereocenters. The maximum Gasteiger partial charge on any atom is 0.128 e. The number of furan rings is 1. The van der Waals surface area contributed by atoms with Crippen LogP contribution >= 0.6 is 0 Å². The number of nitrogens with zero attached hydrogens (tertiary/aromatic N) is 1. The van der Waals surface area contributed by atoms with Crippen LogP contribution in [0.3, 0.4) is 0 Å². The molecule has 0 spiro atoms. The monoisotopic (exact) mass is 270 g/mol. The Labute approximate surface area is 120 Å². The molecule has 0 saturated heterocycles. The minimum absolute atomic E-state index is 0.0757. The topological polar surface area (TPSA) is 42.4 Å². The summed E-state index contributed by atoms with van der Waals surface area (Å²) in [5, 5.41) is 0. The van der Waals surface area contributed by atoms with Crippen molar-refractivity contribution in [1.82, 2.24) is 0 Å². The number of anilines is 1. The van der Waals surface area contributed by atoms with E-state index in [0.717, 1.165) is 30.9 Å². The van der Waals surface area contributed by atoms with E-state index in [2.05, 4.69) is 42.2 Å². The third-order valence-electron chi connectivity index (χ3n) is 4.19. The highest BCUT2D eigenvalue weighted by Gasteiger charge is 2.32. The van der Waals surface area contributed by atoms with Gasteiger partial charge in [0, 0.05) is 18.3 Å². The Kier molecular flexibility index (Phi) is 3.53. The SMILES string of the molecule is CCC(N)C(c1ccc(C)o1)N1CCc2ccccc21. The van der Waals surface area contributed by atoms with Crippen molar-refractivity contribution in [3.05, 3.63) is 53.5 Å². The minimum atomic E-state index is 0.0757. The third-order valence-corrected chi connectivity index (χ3v) is 4.19. The van der Waals surface area contributed by atoms with Crippen LogP contribution in [-0.2, 0) is 6.42 Å². The molecule has 3 rings (SSSR count). The van der Waals surface area contributed by atoms with Crippen LogP contribution in [0.25, 0.3) is 0 Å². The summed E-state index contributed by atoms with van der Waals surface area (Å²) >= 11 is 0. The van der Waals surface area contributed by atoms with Crippen LogP contribution in [0, 0.1) is 6.92 Å². The predicted molar refractivity (Wildman–Crippen MR) is 81.9 cm³/mol. The first-order chi connectivity index (χ1) is 9.70. The summed E-state index contributed by atoms with van der Waals surface area (Å²) < 4.78 is 5.87. The van der Waals surface area contributed by atoms with E-state index in [4.69, 9.17) is 10.2 Å². The van der Waals surface area contributed by atoms with Gasteiger partial charge in [-0.15, -0.1) is 0 Å². The van der Waals surface area contributed by atoms with E-state index in [1.165, 1.54) is 11.3 Å². The second kappa shape index (κ2) is 5.33. The summed E-state index contributed by atoms with van der Waals surface area (Å²) in [6, 6.07) is 12.9. The quantitative estimate of drug-likeness (QED) is 0.925. The molecule has 106 valence electrons. The third kappa shape index (κ3) is 2.22. The number of fused-ring (bicyclic) bond motifs is 1. The van der Waals surface area contributed by atoms with Crippen molar-refractivity contribution < 1.29 is 4.42 Å². The van der Waals surface area contributed by atoms with Gasteiger partial charge in [0.25, 0.3) is 0 Å². The van der Waals surface area contributed by atoms with Crippen molar-refractivity contribution >= 4 is 5.69 Å². The van der Waals surface area contributed by atoms with Gasteiger partial charge in [0.15, 0.2) is 0 Å². The Balaban J connectivity index is 1.99. The molecule has 0 amide bonds. The molecular formula is C17H22N2O. The van der Waals surface area contributed by atoms with Crippen molar-refractivity contribution in [3.8, 4) is 0 Å². The largest absolute Gasteiger partial charge is 0.464 e. The Morgan fingerprint density at radius 1 is 1.25 bits per heavy atom. The number of hydrogen-bond acceptors (Lipinski definition) is 3. The van der Waals surface area contributed by atoms with Crippen molar-refractivity contribution in [1.29, 1.82) is 0 Å². The normalized spacial score (nSPS) is 17.1. The van der Waals surface area contributed by atoms with Gasteiger partial charge in [0.1, 0.15) is 17.6 Å². The fraction of sp³-hybridized carbons (Fsp3) is 0.412. The van der Waals surface area contributed by atoms with Crippen LogP contribution in [0.5, 0.6) is 0 Å². The summed E-state index contributed by atoms with van der Waals surface area (Å²) in [6.07, 6.45) is 2.02. The zero-order valence-corrected chi connectivity index (χ0v) is 12.2. The van der Waals surface area contributed by atoms with Gasteiger partial charge >= 0.3 is 0 Å². The highest BCUT2D eigenvalue weighted by atomic mass is 16.3. The van der Waals surface area contributed by atoms with E-state index in [0.29, 0.717) is 0 Å². The molecule has 1 aromatic heterocycles. The summed E-state index contributed by atoms with van der Waals surface area (Å²) in [6.45, 7) is 5.13. The molecule has 2 heterocycles. The fourth-order valence-electron chi connectivity index (χ4n) is 3.08. The Morgan fingerprint density at radius 2 is 2.05 bits per heavy atom. The van der Waals surface area contributed by atoms with E-state index < -0.39 is 0 Å². The second-order valence-corrected chi connectivity index (χ2v) is 5.54. The molecule has 2 unspecified atom stereocenters. The van der Waals surface area contributed by atoms with Gasteiger partial charge < -0.3 is 15.1 Å². The lowest BCUT2D eigenvalue weighted by molar-refractivity contribution is 0.389. The van der Waals surface area contributed by atoms with Gasteiger partial charge in [0.2, 0.25) is 0 Å². The van der Waals surface area contributed by atoms with Crippen LogP contribution in [-0.4, -0.2) is 12.6 Å². The first-order valence-electron chi connectivity index (χ1n) is 7.37. The molecule has 1 aromatic carbocycles. The molecule has 3 heteroatoms. The number of rotatable bonds is 4. The van der Waals surface area contributed by atoms with Crippen molar-refractivity contribution in [2.45, 2.75) is 38.8 Å². The summed E-state index contributed by atoms with van der Waals surface area (Å²) in [5.41, 5.74) is 9.10. The molecule has 1 aliphatic rings. The maximum absolute atomic E-state index is 6.39. The van der Waals surface area contributed by atoms with Crippen molar-refractivity contribution in [2.24, 2.45) is 5.73 Å². The molecule has 3 nitrogen and oxygen atoms in total. The van der Waals surface area contributed by atoms with Crippen molar-refractivity contribution in [2.75, 3.05) is 11.4 Å². The van der Waals surface area contributed by atoms with Gasteiger partial charge in [-0.05, 0) is 43.5 Å². The van der Waals surface area contributed by atoms with E-state index in [-0.39, 0.29) is 12.1 Å². The molecule has 0 bridgehead atoms. The Hall–Kier alpha value is -1.74. The number of benzene rings is 1. The summed E-state index contributed by atoms with van der Waals surface area (Å²) in [5.74, 6) is 1.93. The number of hydrogen-bond donors (Lipinski definition) is 1. The lowest BCUT2D eigenvalue weighted by Crippen LogP contribution is -2.40. The maximum atomic E-state index is 6.39. The molecular weight excluding hydrogens is 248 g/mol. The average molecular weight is 270 g/mol. The Morgan fingerprint density at radius 3 is 2.75 bits per heavy atom. The van der Waals surface area contributed by atoms with Gasteiger partial charge in [-0.3, -0.25) is 0 Å². The molecule has 0 saturated carbocycles. The van der Waals surface area contributed by atoms with E-state index in [9.17, 15) is 0 Å². The number of para-hydroxylation sites is 1. The molecule has 2 N–H and O–H groups in total.